The number of aromatic nitrogens is 2. The fourth-order valence-corrected chi connectivity index (χ4v) is 10.5. The zero-order valence-corrected chi connectivity index (χ0v) is 42.5. The van der Waals surface area contributed by atoms with Crippen LogP contribution in [0.4, 0.5) is 5.69 Å². The van der Waals surface area contributed by atoms with Gasteiger partial charge in [0, 0.05) is 56.3 Å². The van der Waals surface area contributed by atoms with Gasteiger partial charge in [-0.3, -0.25) is 34.2 Å². The van der Waals surface area contributed by atoms with Crippen molar-refractivity contribution in [3.63, 3.8) is 0 Å². The number of fused-ring (bicyclic) bond motifs is 1. The van der Waals surface area contributed by atoms with Crippen molar-refractivity contribution >= 4 is 56.7 Å². The van der Waals surface area contributed by atoms with Gasteiger partial charge in [-0.2, -0.15) is 0 Å². The number of nitrogens with zero attached hydrogens (tertiary/aromatic N) is 4. The van der Waals surface area contributed by atoms with Crippen LogP contribution in [0.2, 0.25) is 5.02 Å². The molecule has 3 aliphatic rings. The van der Waals surface area contributed by atoms with E-state index in [4.69, 9.17) is 35.5 Å². The molecule has 0 bridgehead atoms. The number of benzene rings is 3. The number of rotatable bonds is 23. The molecule has 380 valence electrons. The van der Waals surface area contributed by atoms with E-state index in [0.29, 0.717) is 86.9 Å². The second-order valence-corrected chi connectivity index (χ2v) is 21.3. The number of likely N-dealkylation sites (tertiary alicyclic amines) is 1. The third kappa shape index (κ3) is 13.0. The molecule has 1 atom stereocenters. The molecule has 71 heavy (non-hydrogen) atoms. The van der Waals surface area contributed by atoms with Crippen molar-refractivity contribution in [3.8, 4) is 5.75 Å². The number of carbonyl (C=O) groups excluding carboxylic acids is 5. The lowest BCUT2D eigenvalue weighted by Gasteiger charge is -2.33. The van der Waals surface area contributed by atoms with Crippen LogP contribution in [0, 0.1) is 6.92 Å². The standard InChI is InChI=1S/C52H63ClN6O11S/c1-32(2)70-44-30-39(34(5)27-37(44)29-46-55-31-40(53)42(56-46)28-36-9-6-7-12-45(36)71(65,66)33(3)4)35-15-19-58(20-16-35)48(61)17-21-67-23-25-69-26-24-68-22-18-54-41-11-8-10-38-49(41)52(64)59(51(38)63)43-13-14-47(60)57-50(43)62/h6-12,27,30-33,35,43,54H,13-26,28-29H2,1-5H3,(H,57,60,62). The Morgan fingerprint density at radius 3 is 2.27 bits per heavy atom. The molecule has 1 aromatic heterocycles. The van der Waals surface area contributed by atoms with Crippen LogP contribution in [-0.4, -0.2) is 134 Å². The smallest absolute Gasteiger partial charge is 0.264 e. The summed E-state index contributed by atoms with van der Waals surface area (Å²) in [6, 6.07) is 15.1. The third-order valence-corrected chi connectivity index (χ3v) is 15.4. The predicted molar refractivity (Wildman–Crippen MR) is 266 cm³/mol. The minimum Gasteiger partial charge on any atom is -0.491 e. The number of hydrogen-bond donors (Lipinski definition) is 2. The summed E-state index contributed by atoms with van der Waals surface area (Å²) in [7, 11) is -3.52. The Balaban J connectivity index is 0.800. The lowest BCUT2D eigenvalue weighted by atomic mass is 9.85. The molecule has 2 saturated heterocycles. The van der Waals surface area contributed by atoms with E-state index in [-0.39, 0.29) is 66.2 Å². The molecule has 7 rings (SSSR count). The fourth-order valence-electron chi connectivity index (χ4n) is 9.11. The lowest BCUT2D eigenvalue weighted by Crippen LogP contribution is -2.54. The highest BCUT2D eigenvalue weighted by molar-refractivity contribution is 7.92. The third-order valence-electron chi connectivity index (χ3n) is 12.8. The van der Waals surface area contributed by atoms with Crippen LogP contribution >= 0.6 is 11.6 Å². The number of imide groups is 2. The largest absolute Gasteiger partial charge is 0.491 e. The quantitative estimate of drug-likeness (QED) is 0.0622. The van der Waals surface area contributed by atoms with E-state index in [2.05, 4.69) is 34.7 Å². The fraction of sp³-hybridized carbons (Fsp3) is 0.481. The van der Waals surface area contributed by atoms with Gasteiger partial charge in [-0.1, -0.05) is 41.9 Å². The Kier molecular flexibility index (Phi) is 18.0. The Bertz CT molecular complexity index is 2730. The average Bonchev–Trinajstić information content (AvgIpc) is 3.59. The SMILES string of the molecule is Cc1cc(Cc2ncc(Cl)c(Cc3ccccc3S(=O)(=O)C(C)C)n2)c(OC(C)C)cc1C1CCN(C(=O)CCOCCOCCOCCNc2cccc3c2C(=O)N(C2CCC(=O)NC2=O)C3=O)CC1. The summed E-state index contributed by atoms with van der Waals surface area (Å²) >= 11 is 6.59. The maximum atomic E-state index is 13.3. The van der Waals surface area contributed by atoms with Crippen LogP contribution in [0.3, 0.4) is 0 Å². The first-order chi connectivity index (χ1) is 34.0. The van der Waals surface area contributed by atoms with E-state index in [1.165, 1.54) is 5.56 Å². The Hall–Kier alpha value is -5.79. The number of amides is 5. The average molecular weight is 1020 g/mol. The second-order valence-electron chi connectivity index (χ2n) is 18.5. The number of aryl methyl sites for hydroxylation is 1. The van der Waals surface area contributed by atoms with Crippen molar-refractivity contribution in [1.29, 1.82) is 0 Å². The summed E-state index contributed by atoms with van der Waals surface area (Å²) in [4.78, 5) is 76.0. The molecular weight excluding hydrogens is 952 g/mol. The number of piperidine rings is 2. The maximum absolute atomic E-state index is 13.3. The molecule has 1 unspecified atom stereocenters. The number of halogens is 1. The number of anilines is 1. The summed E-state index contributed by atoms with van der Waals surface area (Å²) in [5.74, 6) is -0.624. The van der Waals surface area contributed by atoms with Gasteiger partial charge in [0.2, 0.25) is 17.7 Å². The molecule has 19 heteroatoms. The maximum Gasteiger partial charge on any atom is 0.264 e. The zero-order valence-electron chi connectivity index (χ0n) is 41.0. The molecule has 3 aromatic carbocycles. The molecule has 0 aliphatic carbocycles. The van der Waals surface area contributed by atoms with Crippen LogP contribution in [0.1, 0.15) is 120 Å². The van der Waals surface area contributed by atoms with Crippen molar-refractivity contribution in [3.05, 3.63) is 111 Å². The molecule has 2 N–H and O–H groups in total. The summed E-state index contributed by atoms with van der Waals surface area (Å²) in [5, 5.41) is 5.14. The summed E-state index contributed by atoms with van der Waals surface area (Å²) in [6.07, 6.45) is 4.17. The zero-order chi connectivity index (χ0) is 50.8. The second kappa shape index (κ2) is 24.1. The number of carbonyl (C=O) groups is 5. The van der Waals surface area contributed by atoms with Gasteiger partial charge in [0.25, 0.3) is 11.8 Å². The van der Waals surface area contributed by atoms with E-state index >= 15 is 0 Å². The number of ether oxygens (including phenoxy) is 4. The molecule has 0 radical (unpaired) electrons. The van der Waals surface area contributed by atoms with Crippen LogP contribution in [-0.2, 0) is 51.3 Å². The number of sulfone groups is 1. The van der Waals surface area contributed by atoms with Crippen LogP contribution in [0.25, 0.3) is 0 Å². The van der Waals surface area contributed by atoms with Crippen molar-refractivity contribution < 1.29 is 51.3 Å². The van der Waals surface area contributed by atoms with Gasteiger partial charge in [0.1, 0.15) is 17.6 Å². The van der Waals surface area contributed by atoms with Gasteiger partial charge < -0.3 is 29.2 Å². The van der Waals surface area contributed by atoms with Crippen molar-refractivity contribution in [2.24, 2.45) is 0 Å². The predicted octanol–water partition coefficient (Wildman–Crippen LogP) is 6.25. The van der Waals surface area contributed by atoms with Gasteiger partial charge in [-0.25, -0.2) is 18.4 Å². The molecule has 0 saturated carbocycles. The normalized spacial score (nSPS) is 16.5. The van der Waals surface area contributed by atoms with Crippen LogP contribution < -0.4 is 15.4 Å². The molecule has 4 aromatic rings. The van der Waals surface area contributed by atoms with E-state index < -0.39 is 44.8 Å². The Morgan fingerprint density at radius 1 is 0.859 bits per heavy atom. The summed E-state index contributed by atoms with van der Waals surface area (Å²) in [5.41, 5.74) is 5.27. The van der Waals surface area contributed by atoms with Gasteiger partial charge in [-0.05, 0) is 101 Å². The lowest BCUT2D eigenvalue weighted by molar-refractivity contribution is -0.136. The van der Waals surface area contributed by atoms with Crippen LogP contribution in [0.5, 0.6) is 5.75 Å². The van der Waals surface area contributed by atoms with Crippen LogP contribution in [0.15, 0.2) is 65.7 Å². The topological polar surface area (TPSA) is 213 Å². The highest BCUT2D eigenvalue weighted by Gasteiger charge is 2.45. The number of nitrogens with one attached hydrogen (secondary N) is 2. The first-order valence-electron chi connectivity index (χ1n) is 24.2. The van der Waals surface area contributed by atoms with E-state index in [9.17, 15) is 32.4 Å². The molecule has 4 heterocycles. The summed E-state index contributed by atoms with van der Waals surface area (Å²) < 4.78 is 49.6. The highest BCUT2D eigenvalue weighted by Crippen LogP contribution is 2.37. The molecule has 17 nitrogen and oxygen atoms in total. The first-order valence-corrected chi connectivity index (χ1v) is 26.2. The van der Waals surface area contributed by atoms with E-state index in [0.717, 1.165) is 34.6 Å². The molecule has 2 fully saturated rings. The summed E-state index contributed by atoms with van der Waals surface area (Å²) in [6.45, 7) is 13.0. The van der Waals surface area contributed by atoms with Gasteiger partial charge in [0.15, 0.2) is 9.84 Å². The van der Waals surface area contributed by atoms with Crippen molar-refractivity contribution in [1.82, 2.24) is 25.1 Å². The van der Waals surface area contributed by atoms with Crippen molar-refractivity contribution in [2.75, 3.05) is 64.6 Å². The van der Waals surface area contributed by atoms with Gasteiger partial charge in [0.05, 0.1) is 84.2 Å². The highest BCUT2D eigenvalue weighted by atomic mass is 35.5. The van der Waals surface area contributed by atoms with E-state index in [1.807, 2.05) is 24.8 Å². The first kappa shape index (κ1) is 53.0. The Morgan fingerprint density at radius 2 is 1.56 bits per heavy atom. The monoisotopic (exact) mass is 1010 g/mol. The molecule has 3 aliphatic heterocycles. The molecule has 5 amide bonds. The van der Waals surface area contributed by atoms with E-state index in [1.54, 1.807) is 56.4 Å². The van der Waals surface area contributed by atoms with Crippen molar-refractivity contribution in [2.45, 2.75) is 108 Å². The minimum absolute atomic E-state index is 0.0497. The number of hydrogen-bond acceptors (Lipinski definition) is 14. The Labute approximate surface area is 420 Å². The van der Waals surface area contributed by atoms with Gasteiger partial charge in [-0.15, -0.1) is 0 Å². The minimum atomic E-state index is -3.52. The van der Waals surface area contributed by atoms with Gasteiger partial charge >= 0.3 is 0 Å². The molecular formula is C52H63ClN6O11S. The molecule has 0 spiro atoms.